The van der Waals surface area contributed by atoms with Crippen LogP contribution < -0.4 is 0 Å². The summed E-state index contributed by atoms with van der Waals surface area (Å²) in [6, 6.07) is 0.820. The first-order valence-corrected chi connectivity index (χ1v) is 7.30. The molecule has 0 bridgehead atoms. The second kappa shape index (κ2) is 6.72. The molecule has 2 aliphatic rings. The van der Waals surface area contributed by atoms with E-state index in [1.54, 1.807) is 0 Å². The van der Waals surface area contributed by atoms with Crippen molar-refractivity contribution in [2.45, 2.75) is 38.6 Å². The van der Waals surface area contributed by atoms with Crippen molar-refractivity contribution in [1.29, 1.82) is 0 Å². The van der Waals surface area contributed by atoms with Crippen molar-refractivity contribution in [3.63, 3.8) is 0 Å². The Kier molecular flexibility index (Phi) is 5.26. The summed E-state index contributed by atoms with van der Waals surface area (Å²) >= 11 is 0. The number of hydrogen-bond acceptors (Lipinski definition) is 3. The number of ether oxygens (including phenoxy) is 1. The van der Waals surface area contributed by atoms with E-state index >= 15 is 0 Å². The van der Waals surface area contributed by atoms with Gasteiger partial charge in [0.2, 0.25) is 0 Å². The molecule has 100 valence electrons. The molecule has 0 N–H and O–H groups in total. The van der Waals surface area contributed by atoms with Gasteiger partial charge in [0, 0.05) is 25.7 Å². The highest BCUT2D eigenvalue weighted by Crippen LogP contribution is 2.24. The maximum absolute atomic E-state index is 5.39. The molecule has 0 unspecified atom stereocenters. The molecular formula is C14H28N2O. The number of hydrogen-bond donors (Lipinski definition) is 0. The molecule has 17 heavy (non-hydrogen) atoms. The molecule has 0 spiro atoms. The van der Waals surface area contributed by atoms with Crippen molar-refractivity contribution in [2.24, 2.45) is 5.92 Å². The second-order valence-electron chi connectivity index (χ2n) is 5.69. The van der Waals surface area contributed by atoms with Gasteiger partial charge in [0.25, 0.3) is 0 Å². The number of likely N-dealkylation sites (tertiary alicyclic amines) is 1. The summed E-state index contributed by atoms with van der Waals surface area (Å²) in [5.41, 5.74) is 0. The van der Waals surface area contributed by atoms with Gasteiger partial charge in [0.05, 0.1) is 13.2 Å². The lowest BCUT2D eigenvalue weighted by Gasteiger charge is -2.38. The zero-order valence-corrected chi connectivity index (χ0v) is 11.5. The van der Waals surface area contributed by atoms with Crippen LogP contribution in [0, 0.1) is 5.92 Å². The van der Waals surface area contributed by atoms with Crippen LogP contribution in [-0.4, -0.2) is 62.3 Å². The average Bonchev–Trinajstić information content (AvgIpc) is 2.38. The van der Waals surface area contributed by atoms with E-state index in [2.05, 4.69) is 23.8 Å². The molecule has 0 aromatic heterocycles. The van der Waals surface area contributed by atoms with Gasteiger partial charge in [-0.25, -0.2) is 0 Å². The number of rotatable bonds is 4. The van der Waals surface area contributed by atoms with E-state index in [0.717, 1.165) is 38.3 Å². The third-order valence-electron chi connectivity index (χ3n) is 4.54. The fraction of sp³-hybridized carbons (Fsp3) is 1.00. The first-order valence-electron chi connectivity index (χ1n) is 7.30. The highest BCUT2D eigenvalue weighted by Gasteiger charge is 2.25. The molecule has 0 aliphatic carbocycles. The van der Waals surface area contributed by atoms with Crippen LogP contribution in [0.15, 0.2) is 0 Å². The van der Waals surface area contributed by atoms with Crippen LogP contribution in [0.5, 0.6) is 0 Å². The van der Waals surface area contributed by atoms with Crippen LogP contribution in [0.4, 0.5) is 0 Å². The predicted octanol–water partition coefficient (Wildman–Crippen LogP) is 1.83. The monoisotopic (exact) mass is 240 g/mol. The van der Waals surface area contributed by atoms with Gasteiger partial charge in [-0.2, -0.15) is 0 Å². The second-order valence-corrected chi connectivity index (χ2v) is 5.69. The predicted molar refractivity (Wildman–Crippen MR) is 71.3 cm³/mol. The smallest absolute Gasteiger partial charge is 0.0594 e. The quantitative estimate of drug-likeness (QED) is 0.745. The molecule has 2 heterocycles. The van der Waals surface area contributed by atoms with Gasteiger partial charge in [0.15, 0.2) is 0 Å². The van der Waals surface area contributed by atoms with Gasteiger partial charge in [0.1, 0.15) is 0 Å². The Morgan fingerprint density at radius 3 is 2.59 bits per heavy atom. The molecule has 2 atom stereocenters. The van der Waals surface area contributed by atoms with Gasteiger partial charge < -0.3 is 9.64 Å². The summed E-state index contributed by atoms with van der Waals surface area (Å²) < 4.78 is 5.39. The molecule has 2 saturated heterocycles. The van der Waals surface area contributed by atoms with Crippen LogP contribution in [0.25, 0.3) is 0 Å². The number of nitrogens with zero attached hydrogens (tertiary/aromatic N) is 2. The topological polar surface area (TPSA) is 15.7 Å². The van der Waals surface area contributed by atoms with Crippen LogP contribution in [0.1, 0.15) is 32.6 Å². The number of piperidine rings is 1. The Morgan fingerprint density at radius 1 is 1.18 bits per heavy atom. The highest BCUT2D eigenvalue weighted by molar-refractivity contribution is 4.80. The normalized spacial score (nSPS) is 32.8. The van der Waals surface area contributed by atoms with Gasteiger partial charge in [-0.3, -0.25) is 4.90 Å². The Morgan fingerprint density at radius 2 is 1.94 bits per heavy atom. The minimum atomic E-state index is 0.820. The molecule has 0 aromatic rings. The molecule has 2 fully saturated rings. The lowest BCUT2D eigenvalue weighted by molar-refractivity contribution is 0.0305. The van der Waals surface area contributed by atoms with E-state index in [1.165, 1.54) is 38.8 Å². The van der Waals surface area contributed by atoms with E-state index in [0.29, 0.717) is 0 Å². The first-order chi connectivity index (χ1) is 8.29. The maximum Gasteiger partial charge on any atom is 0.0594 e. The van der Waals surface area contributed by atoms with Crippen molar-refractivity contribution < 1.29 is 4.74 Å². The van der Waals surface area contributed by atoms with E-state index in [1.807, 2.05) is 0 Å². The third-order valence-corrected chi connectivity index (χ3v) is 4.54. The molecule has 0 radical (unpaired) electrons. The van der Waals surface area contributed by atoms with E-state index < -0.39 is 0 Å². The largest absolute Gasteiger partial charge is 0.379 e. The first kappa shape index (κ1) is 13.3. The Labute approximate surface area is 106 Å². The summed E-state index contributed by atoms with van der Waals surface area (Å²) in [5, 5.41) is 0. The van der Waals surface area contributed by atoms with Crippen molar-refractivity contribution in [2.75, 3.05) is 46.4 Å². The zero-order chi connectivity index (χ0) is 12.1. The van der Waals surface area contributed by atoms with Gasteiger partial charge >= 0.3 is 0 Å². The SMILES string of the molecule is CC[C@H]1CC[C@H](CCN2CCOCC2)N(C)C1. The molecule has 0 aromatic carbocycles. The maximum atomic E-state index is 5.39. The van der Waals surface area contributed by atoms with Crippen LogP contribution in [0.2, 0.25) is 0 Å². The zero-order valence-electron chi connectivity index (χ0n) is 11.5. The van der Waals surface area contributed by atoms with Crippen LogP contribution in [0.3, 0.4) is 0 Å². The minimum Gasteiger partial charge on any atom is -0.379 e. The van der Waals surface area contributed by atoms with Crippen molar-refractivity contribution in [3.8, 4) is 0 Å². The molecule has 0 amide bonds. The third kappa shape index (κ3) is 3.94. The summed E-state index contributed by atoms with van der Waals surface area (Å²) in [5.74, 6) is 0.944. The highest BCUT2D eigenvalue weighted by atomic mass is 16.5. The fourth-order valence-electron chi connectivity index (χ4n) is 3.15. The summed E-state index contributed by atoms with van der Waals surface area (Å²) in [6.07, 6.45) is 5.53. The van der Waals surface area contributed by atoms with Crippen LogP contribution in [-0.2, 0) is 4.74 Å². The summed E-state index contributed by atoms with van der Waals surface area (Å²) in [7, 11) is 2.31. The molecule has 3 nitrogen and oxygen atoms in total. The summed E-state index contributed by atoms with van der Waals surface area (Å²) in [6.45, 7) is 9.02. The standard InChI is InChI=1S/C14H28N2O/c1-3-13-4-5-14(15(2)12-13)6-7-16-8-10-17-11-9-16/h13-14H,3-12H2,1-2H3/t13-,14+/m0/s1. The van der Waals surface area contributed by atoms with Crippen LogP contribution >= 0.6 is 0 Å². The minimum absolute atomic E-state index is 0.820. The molecule has 2 rings (SSSR count). The molecule has 2 aliphatic heterocycles. The van der Waals surface area contributed by atoms with E-state index in [4.69, 9.17) is 4.74 Å². The number of morpholine rings is 1. The lowest BCUT2D eigenvalue weighted by atomic mass is 9.90. The Balaban J connectivity index is 1.68. The van der Waals surface area contributed by atoms with Crippen molar-refractivity contribution >= 4 is 0 Å². The summed E-state index contributed by atoms with van der Waals surface area (Å²) in [4.78, 5) is 5.15. The fourth-order valence-corrected chi connectivity index (χ4v) is 3.15. The van der Waals surface area contributed by atoms with Gasteiger partial charge in [-0.05, 0) is 38.8 Å². The average molecular weight is 240 g/mol. The lowest BCUT2D eigenvalue weighted by Crippen LogP contribution is -2.44. The Hall–Kier alpha value is -0.120. The van der Waals surface area contributed by atoms with Crippen molar-refractivity contribution in [3.05, 3.63) is 0 Å². The molecule has 3 heteroatoms. The van der Waals surface area contributed by atoms with E-state index in [-0.39, 0.29) is 0 Å². The van der Waals surface area contributed by atoms with Crippen molar-refractivity contribution in [1.82, 2.24) is 9.80 Å². The van der Waals surface area contributed by atoms with E-state index in [9.17, 15) is 0 Å². The van der Waals surface area contributed by atoms with Gasteiger partial charge in [-0.1, -0.05) is 13.3 Å². The molecular weight excluding hydrogens is 212 g/mol. The molecule has 0 saturated carbocycles. The Bertz CT molecular complexity index is 216. The van der Waals surface area contributed by atoms with Gasteiger partial charge in [-0.15, -0.1) is 0 Å².